The summed E-state index contributed by atoms with van der Waals surface area (Å²) in [7, 11) is -3.01. The Bertz CT molecular complexity index is 473. The number of sulfonamides is 1. The number of aromatic nitrogens is 2. The topological polar surface area (TPSA) is 55.2 Å². The quantitative estimate of drug-likeness (QED) is 0.807. The minimum absolute atomic E-state index is 0.556. The molecular formula is C11H19N3O2S. The molecule has 0 spiro atoms. The second kappa shape index (κ2) is 4.78. The molecule has 6 heteroatoms. The summed E-state index contributed by atoms with van der Waals surface area (Å²) < 4.78 is 26.5. The third-order valence-electron chi connectivity index (χ3n) is 3.42. The lowest BCUT2D eigenvalue weighted by atomic mass is 9.98. The lowest BCUT2D eigenvalue weighted by Gasteiger charge is -2.30. The summed E-state index contributed by atoms with van der Waals surface area (Å²) in [6.45, 7) is 4.24. The second-order valence-corrected chi connectivity index (χ2v) is 6.71. The molecule has 0 N–H and O–H groups in total. The highest BCUT2D eigenvalue weighted by molar-refractivity contribution is 7.88. The van der Waals surface area contributed by atoms with E-state index in [1.165, 1.54) is 6.26 Å². The van der Waals surface area contributed by atoms with Crippen molar-refractivity contribution in [1.29, 1.82) is 0 Å². The van der Waals surface area contributed by atoms with Gasteiger partial charge in [-0.2, -0.15) is 0 Å². The molecule has 0 aliphatic carbocycles. The number of nitrogens with zero attached hydrogens (tertiary/aromatic N) is 3. The van der Waals surface area contributed by atoms with Crippen LogP contribution in [-0.4, -0.2) is 41.6 Å². The van der Waals surface area contributed by atoms with Crippen LogP contribution in [0.25, 0.3) is 0 Å². The molecule has 5 nitrogen and oxygen atoms in total. The Balaban J connectivity index is 1.90. The molecule has 0 aromatic carbocycles. The SMILES string of the molecule is Cc1nccn1CC1CCN(S(C)(=O)=O)CC1. The normalized spacial score (nSPS) is 19.6. The van der Waals surface area contributed by atoms with Gasteiger partial charge in [0.15, 0.2) is 0 Å². The summed E-state index contributed by atoms with van der Waals surface area (Å²) in [5, 5.41) is 0. The molecule has 0 amide bonds. The second-order valence-electron chi connectivity index (χ2n) is 4.73. The van der Waals surface area contributed by atoms with Crippen LogP contribution in [0.2, 0.25) is 0 Å². The van der Waals surface area contributed by atoms with Crippen molar-refractivity contribution in [3.63, 3.8) is 0 Å². The molecule has 1 saturated heterocycles. The zero-order chi connectivity index (χ0) is 12.5. The van der Waals surface area contributed by atoms with Crippen LogP contribution in [-0.2, 0) is 16.6 Å². The highest BCUT2D eigenvalue weighted by Crippen LogP contribution is 2.21. The Labute approximate surface area is 103 Å². The number of rotatable bonds is 3. The van der Waals surface area contributed by atoms with Crippen molar-refractivity contribution >= 4 is 10.0 Å². The molecule has 2 heterocycles. The van der Waals surface area contributed by atoms with Gasteiger partial charge in [-0.15, -0.1) is 0 Å². The number of imidazole rings is 1. The standard InChI is InChI=1S/C11H19N3O2S/c1-10-12-5-8-13(10)9-11-3-6-14(7-4-11)17(2,15)16/h5,8,11H,3-4,6-7,9H2,1-2H3. The molecule has 1 aromatic heterocycles. The van der Waals surface area contributed by atoms with Gasteiger partial charge in [0.1, 0.15) is 5.82 Å². The summed E-state index contributed by atoms with van der Waals surface area (Å²) in [6, 6.07) is 0. The summed E-state index contributed by atoms with van der Waals surface area (Å²) in [4.78, 5) is 4.19. The molecule has 17 heavy (non-hydrogen) atoms. The number of hydrogen-bond donors (Lipinski definition) is 0. The van der Waals surface area contributed by atoms with Crippen LogP contribution in [0.3, 0.4) is 0 Å². The zero-order valence-corrected chi connectivity index (χ0v) is 11.2. The summed E-state index contributed by atoms with van der Waals surface area (Å²) in [5.41, 5.74) is 0. The fraction of sp³-hybridized carbons (Fsp3) is 0.727. The van der Waals surface area contributed by atoms with Crippen LogP contribution in [0.5, 0.6) is 0 Å². The maximum Gasteiger partial charge on any atom is 0.211 e. The Hall–Kier alpha value is -0.880. The molecule has 0 bridgehead atoms. The fourth-order valence-corrected chi connectivity index (χ4v) is 3.17. The number of hydrogen-bond acceptors (Lipinski definition) is 3. The van der Waals surface area contributed by atoms with E-state index in [2.05, 4.69) is 9.55 Å². The molecule has 0 saturated carbocycles. The van der Waals surface area contributed by atoms with Crippen molar-refractivity contribution in [2.45, 2.75) is 26.3 Å². The molecule has 1 aromatic rings. The average molecular weight is 257 g/mol. The van der Waals surface area contributed by atoms with Gasteiger partial charge in [-0.25, -0.2) is 17.7 Å². The highest BCUT2D eigenvalue weighted by Gasteiger charge is 2.25. The molecule has 0 atom stereocenters. The first-order valence-corrected chi connectivity index (χ1v) is 7.74. The largest absolute Gasteiger partial charge is 0.335 e. The first-order valence-electron chi connectivity index (χ1n) is 5.89. The van der Waals surface area contributed by atoms with E-state index < -0.39 is 10.0 Å². The first-order chi connectivity index (χ1) is 7.97. The molecule has 1 fully saturated rings. The van der Waals surface area contributed by atoms with Gasteiger partial charge in [0.05, 0.1) is 6.26 Å². The highest BCUT2D eigenvalue weighted by atomic mass is 32.2. The van der Waals surface area contributed by atoms with Crippen molar-refractivity contribution in [2.24, 2.45) is 5.92 Å². The number of piperidine rings is 1. The van der Waals surface area contributed by atoms with E-state index >= 15 is 0 Å². The minimum Gasteiger partial charge on any atom is -0.335 e. The average Bonchev–Trinajstić information content (AvgIpc) is 2.64. The van der Waals surface area contributed by atoms with Crippen LogP contribution in [0.15, 0.2) is 12.4 Å². The minimum atomic E-state index is -3.01. The van der Waals surface area contributed by atoms with Gasteiger partial charge in [0, 0.05) is 32.0 Å². The molecule has 0 unspecified atom stereocenters. The zero-order valence-electron chi connectivity index (χ0n) is 10.3. The van der Waals surface area contributed by atoms with Gasteiger partial charge in [0.2, 0.25) is 10.0 Å². The Morgan fingerprint density at radius 3 is 2.53 bits per heavy atom. The van der Waals surface area contributed by atoms with Gasteiger partial charge in [-0.05, 0) is 25.7 Å². The maximum atomic E-state index is 11.4. The van der Waals surface area contributed by atoms with Crippen LogP contribution in [0.1, 0.15) is 18.7 Å². The third-order valence-corrected chi connectivity index (χ3v) is 4.72. The Morgan fingerprint density at radius 1 is 1.41 bits per heavy atom. The lowest BCUT2D eigenvalue weighted by molar-refractivity contribution is 0.253. The predicted octanol–water partition coefficient (Wildman–Crippen LogP) is 0.863. The van der Waals surface area contributed by atoms with Crippen LogP contribution in [0, 0.1) is 12.8 Å². The van der Waals surface area contributed by atoms with E-state index in [0.717, 1.165) is 25.2 Å². The summed E-state index contributed by atoms with van der Waals surface area (Å²) in [5.74, 6) is 1.58. The number of aryl methyl sites for hydroxylation is 1. The van der Waals surface area contributed by atoms with Crippen molar-refractivity contribution < 1.29 is 8.42 Å². The van der Waals surface area contributed by atoms with E-state index in [1.807, 2.05) is 13.1 Å². The van der Waals surface area contributed by atoms with Crippen molar-refractivity contribution in [1.82, 2.24) is 13.9 Å². The van der Waals surface area contributed by atoms with E-state index in [-0.39, 0.29) is 0 Å². The first kappa shape index (κ1) is 12.6. The van der Waals surface area contributed by atoms with Crippen LogP contribution in [0.4, 0.5) is 0 Å². The van der Waals surface area contributed by atoms with Gasteiger partial charge in [-0.3, -0.25) is 0 Å². The molecule has 1 aliphatic rings. The monoisotopic (exact) mass is 257 g/mol. The summed E-state index contributed by atoms with van der Waals surface area (Å²) >= 11 is 0. The van der Waals surface area contributed by atoms with Gasteiger partial charge in [-0.1, -0.05) is 0 Å². The predicted molar refractivity (Wildman–Crippen MR) is 66.1 cm³/mol. The van der Waals surface area contributed by atoms with Gasteiger partial charge >= 0.3 is 0 Å². The van der Waals surface area contributed by atoms with Gasteiger partial charge < -0.3 is 4.57 Å². The van der Waals surface area contributed by atoms with E-state index in [0.29, 0.717) is 19.0 Å². The molecule has 96 valence electrons. The maximum absolute atomic E-state index is 11.4. The Kier molecular flexibility index (Phi) is 3.53. The van der Waals surface area contributed by atoms with Crippen LogP contribution >= 0.6 is 0 Å². The molecule has 1 aliphatic heterocycles. The van der Waals surface area contributed by atoms with Crippen molar-refractivity contribution in [3.8, 4) is 0 Å². The molecular weight excluding hydrogens is 238 g/mol. The third kappa shape index (κ3) is 3.07. The summed E-state index contributed by atoms with van der Waals surface area (Å²) in [6.07, 6.45) is 6.95. The Morgan fingerprint density at radius 2 is 2.06 bits per heavy atom. The lowest BCUT2D eigenvalue weighted by Crippen LogP contribution is -2.38. The van der Waals surface area contributed by atoms with Crippen molar-refractivity contribution in [3.05, 3.63) is 18.2 Å². The molecule has 2 rings (SSSR count). The van der Waals surface area contributed by atoms with E-state index in [4.69, 9.17) is 0 Å². The van der Waals surface area contributed by atoms with Crippen LogP contribution < -0.4 is 0 Å². The smallest absolute Gasteiger partial charge is 0.211 e. The van der Waals surface area contributed by atoms with Crippen molar-refractivity contribution in [2.75, 3.05) is 19.3 Å². The van der Waals surface area contributed by atoms with E-state index in [1.54, 1.807) is 10.5 Å². The fourth-order valence-electron chi connectivity index (χ4n) is 2.30. The van der Waals surface area contributed by atoms with E-state index in [9.17, 15) is 8.42 Å². The molecule has 0 radical (unpaired) electrons. The van der Waals surface area contributed by atoms with Gasteiger partial charge in [0.25, 0.3) is 0 Å².